The highest BCUT2D eigenvalue weighted by Crippen LogP contribution is 2.21. The molecule has 1 aromatic heterocycles. The number of nitrogens with zero attached hydrogens (tertiary/aromatic N) is 2. The van der Waals surface area contributed by atoms with Crippen LogP contribution < -0.4 is 5.32 Å². The number of nitriles is 1. The maximum atomic E-state index is 12.4. The first-order valence-corrected chi connectivity index (χ1v) is 8.12. The maximum absolute atomic E-state index is 12.4. The van der Waals surface area contributed by atoms with Crippen molar-refractivity contribution >= 4 is 5.91 Å². The van der Waals surface area contributed by atoms with Gasteiger partial charge in [0.25, 0.3) is 5.91 Å². The van der Waals surface area contributed by atoms with Crippen molar-refractivity contribution in [2.24, 2.45) is 0 Å². The molecule has 1 atom stereocenters. The molecule has 2 rings (SSSR count). The molecule has 6 nitrogen and oxygen atoms in total. The van der Waals surface area contributed by atoms with Crippen molar-refractivity contribution in [3.8, 4) is 11.8 Å². The van der Waals surface area contributed by atoms with Crippen molar-refractivity contribution in [2.75, 3.05) is 20.3 Å². The smallest absolute Gasteiger partial charge is 0.253 e. The number of methoxy groups -OCH3 is 1. The van der Waals surface area contributed by atoms with Gasteiger partial charge in [0.1, 0.15) is 0 Å². The second kappa shape index (κ2) is 8.47. The van der Waals surface area contributed by atoms with Crippen molar-refractivity contribution in [1.82, 2.24) is 9.88 Å². The summed E-state index contributed by atoms with van der Waals surface area (Å²) in [6.07, 6.45) is -0.148. The fourth-order valence-corrected chi connectivity index (χ4v) is 2.80. The first-order chi connectivity index (χ1) is 12.0. The Morgan fingerprint density at radius 3 is 2.64 bits per heavy atom. The number of rotatable bonds is 7. The summed E-state index contributed by atoms with van der Waals surface area (Å²) in [4.78, 5) is 12.4. The highest BCUT2D eigenvalue weighted by atomic mass is 16.5. The van der Waals surface area contributed by atoms with Gasteiger partial charge >= 0.3 is 0 Å². The Morgan fingerprint density at radius 2 is 2.04 bits per heavy atom. The van der Waals surface area contributed by atoms with E-state index in [1.54, 1.807) is 12.1 Å². The highest BCUT2D eigenvalue weighted by molar-refractivity contribution is 5.95. The molecule has 25 heavy (non-hydrogen) atoms. The normalized spacial score (nSPS) is 11.8. The molecule has 1 unspecified atom stereocenters. The summed E-state index contributed by atoms with van der Waals surface area (Å²) in [6.45, 7) is 4.46. The lowest BCUT2D eigenvalue weighted by Gasteiger charge is -2.11. The minimum atomic E-state index is -0.587. The van der Waals surface area contributed by atoms with Crippen LogP contribution >= 0.6 is 0 Å². The van der Waals surface area contributed by atoms with Gasteiger partial charge in [-0.25, -0.2) is 0 Å². The molecule has 0 aliphatic heterocycles. The molecule has 132 valence electrons. The highest BCUT2D eigenvalue weighted by Gasteiger charge is 2.16. The average Bonchev–Trinajstić information content (AvgIpc) is 2.90. The summed E-state index contributed by atoms with van der Waals surface area (Å²) in [7, 11) is 1.53. The van der Waals surface area contributed by atoms with E-state index in [-0.39, 0.29) is 12.5 Å². The Kier molecular flexibility index (Phi) is 6.34. The van der Waals surface area contributed by atoms with Gasteiger partial charge in [0, 0.05) is 30.7 Å². The lowest BCUT2D eigenvalue weighted by atomic mass is 10.2. The van der Waals surface area contributed by atoms with E-state index in [4.69, 9.17) is 10.00 Å². The molecule has 0 spiro atoms. The molecule has 1 amide bonds. The Labute approximate surface area is 147 Å². The first kappa shape index (κ1) is 18.7. The molecule has 2 aromatic rings. The minimum absolute atomic E-state index is 0.169. The second-order valence-corrected chi connectivity index (χ2v) is 5.93. The van der Waals surface area contributed by atoms with E-state index in [9.17, 15) is 9.90 Å². The number of carbonyl (C=O) groups excluding carboxylic acids is 1. The summed E-state index contributed by atoms with van der Waals surface area (Å²) >= 11 is 0. The molecule has 2 N–H and O–H groups in total. The fraction of sp³-hybridized carbons (Fsp3) is 0.368. The van der Waals surface area contributed by atoms with Crippen LogP contribution in [0.5, 0.6) is 0 Å². The molecule has 1 heterocycles. The molecule has 0 saturated carbocycles. The predicted molar refractivity (Wildman–Crippen MR) is 94.8 cm³/mol. The standard InChI is InChI=1S/C19H23N3O3/c1-13-10-18(19(24)21-9-8-17(23)12-25-3)14(2)22(13)16-6-4-15(11-20)5-7-16/h4-7,10,17,23H,8-9,12H2,1-3H3,(H,21,24). The van der Waals surface area contributed by atoms with Crippen molar-refractivity contribution in [2.45, 2.75) is 26.4 Å². The number of amides is 1. The number of aliphatic hydroxyl groups excluding tert-OH is 1. The third kappa shape index (κ3) is 4.47. The first-order valence-electron chi connectivity index (χ1n) is 8.12. The molecule has 1 aromatic carbocycles. The molecule has 0 aliphatic carbocycles. The minimum Gasteiger partial charge on any atom is -0.391 e. The van der Waals surface area contributed by atoms with Gasteiger partial charge in [-0.1, -0.05) is 0 Å². The van der Waals surface area contributed by atoms with Crippen molar-refractivity contribution in [1.29, 1.82) is 5.26 Å². The van der Waals surface area contributed by atoms with Crippen LogP contribution in [0.25, 0.3) is 5.69 Å². The van der Waals surface area contributed by atoms with Gasteiger partial charge in [-0.3, -0.25) is 4.79 Å². The van der Waals surface area contributed by atoms with Gasteiger partial charge < -0.3 is 19.7 Å². The lowest BCUT2D eigenvalue weighted by Crippen LogP contribution is -2.28. The SMILES string of the molecule is COCC(O)CCNC(=O)c1cc(C)n(-c2ccc(C#N)cc2)c1C. The Morgan fingerprint density at radius 1 is 1.36 bits per heavy atom. The largest absolute Gasteiger partial charge is 0.391 e. The zero-order valence-electron chi connectivity index (χ0n) is 14.7. The van der Waals surface area contributed by atoms with Gasteiger partial charge in [0.2, 0.25) is 0 Å². The third-order valence-corrected chi connectivity index (χ3v) is 4.05. The Balaban J connectivity index is 2.12. The zero-order valence-corrected chi connectivity index (χ0v) is 14.7. The summed E-state index contributed by atoms with van der Waals surface area (Å²) in [5.41, 5.74) is 3.87. The summed E-state index contributed by atoms with van der Waals surface area (Å²) in [5.74, 6) is -0.169. The molecule has 0 saturated heterocycles. The number of nitrogens with one attached hydrogen (secondary N) is 1. The number of ether oxygens (including phenoxy) is 1. The molecule has 6 heteroatoms. The molecule has 0 fully saturated rings. The van der Waals surface area contributed by atoms with Crippen LogP contribution in [0, 0.1) is 25.2 Å². The van der Waals surface area contributed by atoms with Gasteiger partial charge in [-0.05, 0) is 50.6 Å². The zero-order chi connectivity index (χ0) is 18.4. The van der Waals surface area contributed by atoms with Crippen molar-refractivity contribution in [3.05, 3.63) is 52.8 Å². The molecular formula is C19H23N3O3. The molecule has 0 radical (unpaired) electrons. The van der Waals surface area contributed by atoms with E-state index in [0.29, 0.717) is 24.1 Å². The van der Waals surface area contributed by atoms with Gasteiger partial charge in [-0.15, -0.1) is 0 Å². The van der Waals surface area contributed by atoms with Crippen molar-refractivity contribution < 1.29 is 14.6 Å². The number of carbonyl (C=O) groups is 1. The summed E-state index contributed by atoms with van der Waals surface area (Å²) in [5, 5.41) is 21.4. The van der Waals surface area contributed by atoms with Gasteiger partial charge in [0.15, 0.2) is 0 Å². The number of hydrogen-bond donors (Lipinski definition) is 2. The predicted octanol–water partition coefficient (Wildman–Crippen LogP) is 2.09. The number of aromatic nitrogens is 1. The van der Waals surface area contributed by atoms with E-state index < -0.39 is 6.10 Å². The van der Waals surface area contributed by atoms with Gasteiger partial charge in [-0.2, -0.15) is 5.26 Å². The quantitative estimate of drug-likeness (QED) is 0.807. The topological polar surface area (TPSA) is 87.3 Å². The van der Waals surface area contributed by atoms with Crippen LogP contribution in [0.3, 0.4) is 0 Å². The average molecular weight is 341 g/mol. The van der Waals surface area contributed by atoms with Crippen LogP contribution in [0.4, 0.5) is 0 Å². The number of aryl methyl sites for hydroxylation is 1. The van der Waals surface area contributed by atoms with Crippen LogP contribution in [0.2, 0.25) is 0 Å². The summed E-state index contributed by atoms with van der Waals surface area (Å²) < 4.78 is 6.85. The van der Waals surface area contributed by atoms with Crippen LogP contribution in [-0.4, -0.2) is 41.9 Å². The number of aliphatic hydroxyl groups is 1. The number of hydrogen-bond acceptors (Lipinski definition) is 4. The number of benzene rings is 1. The van der Waals surface area contributed by atoms with E-state index in [1.807, 2.05) is 36.6 Å². The van der Waals surface area contributed by atoms with E-state index >= 15 is 0 Å². The second-order valence-electron chi connectivity index (χ2n) is 5.93. The monoisotopic (exact) mass is 341 g/mol. The molecule has 0 bridgehead atoms. The summed E-state index contributed by atoms with van der Waals surface area (Å²) in [6, 6.07) is 11.2. The fourth-order valence-electron chi connectivity index (χ4n) is 2.80. The van der Waals surface area contributed by atoms with Crippen molar-refractivity contribution in [3.63, 3.8) is 0 Å². The Hall–Kier alpha value is -2.62. The van der Waals surface area contributed by atoms with E-state index in [0.717, 1.165) is 17.1 Å². The third-order valence-electron chi connectivity index (χ3n) is 4.05. The van der Waals surface area contributed by atoms with Crippen LogP contribution in [0.15, 0.2) is 30.3 Å². The molecule has 0 aliphatic rings. The lowest BCUT2D eigenvalue weighted by molar-refractivity contribution is 0.0587. The van der Waals surface area contributed by atoms with E-state index in [1.165, 1.54) is 7.11 Å². The maximum Gasteiger partial charge on any atom is 0.253 e. The molecular weight excluding hydrogens is 318 g/mol. The van der Waals surface area contributed by atoms with E-state index in [2.05, 4.69) is 11.4 Å². The Bertz CT molecular complexity index is 772. The van der Waals surface area contributed by atoms with Crippen LogP contribution in [0.1, 0.15) is 33.7 Å². The van der Waals surface area contributed by atoms with Gasteiger partial charge in [0.05, 0.1) is 29.9 Å². The van der Waals surface area contributed by atoms with Crippen LogP contribution in [-0.2, 0) is 4.74 Å².